The number of aromatic amines is 1. The van der Waals surface area contributed by atoms with Crippen LogP contribution < -0.4 is 10.1 Å². The van der Waals surface area contributed by atoms with Crippen LogP contribution >= 0.6 is 0 Å². The van der Waals surface area contributed by atoms with Crippen molar-refractivity contribution in [3.05, 3.63) is 78.6 Å². The number of aromatic hydroxyl groups is 2. The quantitative estimate of drug-likeness (QED) is 0.171. The lowest BCUT2D eigenvalue weighted by molar-refractivity contribution is -0.364. The van der Waals surface area contributed by atoms with Crippen LogP contribution in [0.25, 0.3) is 17.5 Å². The molecule has 2 aromatic heterocycles. The summed E-state index contributed by atoms with van der Waals surface area (Å²) in [4.78, 5) is 30.1. The Morgan fingerprint density at radius 3 is 2.43 bits per heavy atom. The average Bonchev–Trinajstić information content (AvgIpc) is 2.89. The smallest absolute Gasteiger partial charge is 0.331 e. The minimum atomic E-state index is -2.42. The van der Waals surface area contributed by atoms with Gasteiger partial charge in [-0.2, -0.15) is 0 Å². The van der Waals surface area contributed by atoms with Crippen molar-refractivity contribution in [2.24, 2.45) is 0 Å². The molecule has 4 rings (SSSR count). The second-order valence-corrected chi connectivity index (χ2v) is 8.33. The molecule has 0 radical (unpaired) electrons. The van der Waals surface area contributed by atoms with Crippen molar-refractivity contribution in [2.75, 3.05) is 0 Å². The lowest BCUT2D eigenvalue weighted by Crippen LogP contribution is -2.60. The molecular formula is C26H26N2O9. The van der Waals surface area contributed by atoms with E-state index in [9.17, 15) is 40.2 Å². The number of esters is 1. The fourth-order valence-electron chi connectivity index (χ4n) is 3.60. The number of carbonyl (C=O) groups excluding carboxylic acids is 2. The molecule has 11 heteroatoms. The number of ether oxygens (including phenoxy) is 1. The third kappa shape index (κ3) is 7.34. The molecule has 11 nitrogen and oxygen atoms in total. The lowest BCUT2D eigenvalue weighted by Gasteiger charge is -2.41. The minimum Gasteiger partial charge on any atom is -0.547 e. The Morgan fingerprint density at radius 2 is 1.81 bits per heavy atom. The van der Waals surface area contributed by atoms with Crippen LogP contribution in [-0.4, -0.2) is 66.4 Å². The zero-order valence-corrected chi connectivity index (χ0v) is 19.5. The number of phenols is 2. The molecule has 1 aliphatic rings. The molecule has 4 unspecified atom stereocenters. The number of aromatic nitrogens is 2. The van der Waals surface area contributed by atoms with Crippen molar-refractivity contribution in [1.29, 1.82) is 0 Å². The monoisotopic (exact) mass is 510 g/mol. The number of H-pyrrole nitrogens is 1. The van der Waals surface area contributed by atoms with E-state index in [0.29, 0.717) is 5.56 Å². The maximum atomic E-state index is 11.8. The van der Waals surface area contributed by atoms with Crippen LogP contribution in [0.4, 0.5) is 0 Å². The van der Waals surface area contributed by atoms with Crippen LogP contribution in [0.15, 0.2) is 73.1 Å². The predicted molar refractivity (Wildman–Crippen MR) is 126 cm³/mol. The molecule has 0 bridgehead atoms. The minimum absolute atomic E-state index is 0.333. The second kappa shape index (κ2) is 12.1. The van der Waals surface area contributed by atoms with E-state index in [0.717, 1.165) is 17.5 Å². The van der Waals surface area contributed by atoms with Gasteiger partial charge in [0.05, 0.1) is 12.1 Å². The zero-order chi connectivity index (χ0) is 27.0. The molecule has 1 aliphatic carbocycles. The van der Waals surface area contributed by atoms with Gasteiger partial charge in [-0.15, -0.1) is 0 Å². The topological polar surface area (TPSA) is 195 Å². The largest absolute Gasteiger partial charge is 0.547 e. The van der Waals surface area contributed by atoms with Crippen molar-refractivity contribution in [2.45, 2.75) is 36.8 Å². The molecular weight excluding hydrogens is 484 g/mol. The molecule has 0 saturated heterocycles. The van der Waals surface area contributed by atoms with E-state index in [2.05, 4.69) is 9.97 Å². The molecule has 1 fully saturated rings. The molecule has 0 aliphatic heterocycles. The average molecular weight is 510 g/mol. The Morgan fingerprint density at radius 1 is 1.05 bits per heavy atom. The number of nitrogens with one attached hydrogen (secondary N) is 1. The number of hydrogen-bond donors (Lipinski definition) is 5. The summed E-state index contributed by atoms with van der Waals surface area (Å²) in [5.74, 6) is -3.53. The van der Waals surface area contributed by atoms with Gasteiger partial charge in [-0.05, 0) is 42.0 Å². The number of benzene rings is 1. The summed E-state index contributed by atoms with van der Waals surface area (Å²) in [5.41, 5.74) is -0.0466. The number of carboxylic acids is 1. The first-order chi connectivity index (χ1) is 17.6. The van der Waals surface area contributed by atoms with Gasteiger partial charge in [0.2, 0.25) is 5.69 Å². The van der Waals surface area contributed by atoms with E-state index in [1.807, 2.05) is 42.6 Å². The Hall–Kier alpha value is -4.32. The van der Waals surface area contributed by atoms with Gasteiger partial charge >= 0.3 is 5.97 Å². The van der Waals surface area contributed by atoms with Crippen molar-refractivity contribution in [3.8, 4) is 22.9 Å². The number of aliphatic hydroxyl groups is 3. The third-order valence-electron chi connectivity index (χ3n) is 5.57. The third-order valence-corrected chi connectivity index (χ3v) is 5.57. The molecule has 6 N–H and O–H groups in total. The van der Waals surface area contributed by atoms with Crippen LogP contribution in [0.3, 0.4) is 0 Å². The number of pyridine rings is 2. The molecule has 2 heterocycles. The van der Waals surface area contributed by atoms with E-state index in [-0.39, 0.29) is 11.5 Å². The van der Waals surface area contributed by atoms with Crippen LogP contribution in [0.1, 0.15) is 18.4 Å². The van der Waals surface area contributed by atoms with Crippen molar-refractivity contribution >= 4 is 18.0 Å². The zero-order valence-electron chi connectivity index (χ0n) is 19.5. The summed E-state index contributed by atoms with van der Waals surface area (Å²) in [6.07, 6.45) is -0.0184. The SMILES string of the molecule is O=C(/C=C/c1ccc(O)c(O)c1)OC1CC(O)(C(=O)[O-])CC(O)C1O.c1ccc(-c2cccc[nH+]2)nc1. The maximum Gasteiger partial charge on any atom is 0.331 e. The normalized spacial score (nSPS) is 23.1. The highest BCUT2D eigenvalue weighted by Gasteiger charge is 2.46. The predicted octanol–water partition coefficient (Wildman–Crippen LogP) is -0.418. The van der Waals surface area contributed by atoms with Gasteiger partial charge in [0.25, 0.3) is 0 Å². The number of carboxylic acid groups (broad SMARTS) is 1. The van der Waals surface area contributed by atoms with Crippen molar-refractivity contribution in [1.82, 2.24) is 4.98 Å². The second-order valence-electron chi connectivity index (χ2n) is 8.33. The Bertz CT molecular complexity index is 1200. The molecule has 1 saturated carbocycles. The molecule has 0 spiro atoms. The van der Waals surface area contributed by atoms with Gasteiger partial charge < -0.3 is 40.2 Å². The molecule has 3 aromatic rings. The molecule has 1 aromatic carbocycles. The molecule has 4 atom stereocenters. The number of carbonyl (C=O) groups is 2. The molecule has 194 valence electrons. The summed E-state index contributed by atoms with van der Waals surface area (Å²) >= 11 is 0. The van der Waals surface area contributed by atoms with E-state index in [1.54, 1.807) is 6.20 Å². The van der Waals surface area contributed by atoms with Crippen LogP contribution in [0.2, 0.25) is 0 Å². The highest BCUT2D eigenvalue weighted by Crippen LogP contribution is 2.31. The first-order valence-corrected chi connectivity index (χ1v) is 11.2. The van der Waals surface area contributed by atoms with E-state index in [4.69, 9.17) is 4.74 Å². The van der Waals surface area contributed by atoms with Crippen LogP contribution in [0.5, 0.6) is 11.5 Å². The Kier molecular flexibility index (Phi) is 8.90. The molecule has 0 amide bonds. The number of aliphatic hydroxyl groups excluding tert-OH is 2. The Labute approximate surface area is 211 Å². The first kappa shape index (κ1) is 27.3. The summed E-state index contributed by atoms with van der Waals surface area (Å²) in [5, 5.41) is 58.9. The van der Waals surface area contributed by atoms with Gasteiger partial charge in [-0.1, -0.05) is 12.1 Å². The van der Waals surface area contributed by atoms with Crippen LogP contribution in [0, 0.1) is 0 Å². The number of phenolic OH excluding ortho intramolecular Hbond substituents is 2. The van der Waals surface area contributed by atoms with Crippen LogP contribution in [-0.2, 0) is 14.3 Å². The fraction of sp³-hybridized carbons (Fsp3) is 0.231. The summed E-state index contributed by atoms with van der Waals surface area (Å²) < 4.78 is 4.90. The van der Waals surface area contributed by atoms with Gasteiger partial charge in [-0.25, -0.2) is 14.8 Å². The summed E-state index contributed by atoms with van der Waals surface area (Å²) in [6.45, 7) is 0. The Balaban J connectivity index is 0.000000262. The van der Waals surface area contributed by atoms with Gasteiger partial charge in [-0.3, -0.25) is 0 Å². The number of nitrogens with zero attached hydrogens (tertiary/aromatic N) is 1. The number of rotatable bonds is 5. The van der Waals surface area contributed by atoms with E-state index in [1.165, 1.54) is 24.3 Å². The standard InChI is InChI=1S/C16H18O9.C10H8N2/c17-9-3-1-8(5-10(9)18)2-4-13(20)25-12-7-16(24,15(22)23)6-11(19)14(12)21;1-3-7-11-9(5-1)10-6-2-4-8-12-10/h1-5,11-12,14,17-19,21,24H,6-7H2,(H,22,23);1-8H/b4-2+;. The summed E-state index contributed by atoms with van der Waals surface area (Å²) in [7, 11) is 0. The first-order valence-electron chi connectivity index (χ1n) is 11.2. The summed E-state index contributed by atoms with van der Waals surface area (Å²) in [6, 6.07) is 15.6. The maximum absolute atomic E-state index is 11.8. The van der Waals surface area contributed by atoms with E-state index < -0.39 is 48.7 Å². The highest BCUT2D eigenvalue weighted by atomic mass is 16.6. The fourth-order valence-corrected chi connectivity index (χ4v) is 3.60. The number of hydrogen-bond acceptors (Lipinski definition) is 10. The van der Waals surface area contributed by atoms with E-state index >= 15 is 0 Å². The highest BCUT2D eigenvalue weighted by molar-refractivity contribution is 5.87. The lowest BCUT2D eigenvalue weighted by atomic mass is 9.79. The van der Waals surface area contributed by atoms with Gasteiger partial charge in [0.15, 0.2) is 17.7 Å². The van der Waals surface area contributed by atoms with Gasteiger partial charge in [0, 0.05) is 37.2 Å². The molecule has 37 heavy (non-hydrogen) atoms. The van der Waals surface area contributed by atoms with Crippen molar-refractivity contribution < 1.29 is 49.9 Å². The number of aliphatic carboxylic acids is 1. The van der Waals surface area contributed by atoms with Gasteiger partial charge in [0.1, 0.15) is 23.5 Å². The van der Waals surface area contributed by atoms with Crippen molar-refractivity contribution in [3.63, 3.8) is 0 Å².